The average molecular weight is 505 g/mol. The minimum Gasteiger partial charge on any atom is -0.466 e. The van der Waals surface area contributed by atoms with Crippen LogP contribution < -0.4 is 0 Å². The van der Waals surface area contributed by atoms with Gasteiger partial charge in [0.05, 0.1) is 6.61 Å². The Balaban J connectivity index is 3.23. The molecular formula is C34H64O2. The minimum atomic E-state index is 0.00843. The molecule has 0 amide bonds. The van der Waals surface area contributed by atoms with E-state index in [1.165, 1.54) is 141 Å². The van der Waals surface area contributed by atoms with Crippen molar-refractivity contribution in [3.05, 3.63) is 24.3 Å². The lowest BCUT2D eigenvalue weighted by Crippen LogP contribution is -2.05. The number of hydrogen-bond donors (Lipinski definition) is 0. The molecule has 0 aromatic heterocycles. The van der Waals surface area contributed by atoms with Gasteiger partial charge in [0.2, 0.25) is 0 Å². The van der Waals surface area contributed by atoms with Crippen LogP contribution in [-0.4, -0.2) is 12.6 Å². The van der Waals surface area contributed by atoms with E-state index in [2.05, 4.69) is 38.2 Å². The molecule has 2 heteroatoms. The highest BCUT2D eigenvalue weighted by atomic mass is 16.5. The molecule has 0 bridgehead atoms. The van der Waals surface area contributed by atoms with E-state index < -0.39 is 0 Å². The summed E-state index contributed by atoms with van der Waals surface area (Å²) in [5, 5.41) is 0. The van der Waals surface area contributed by atoms with Crippen molar-refractivity contribution < 1.29 is 9.53 Å². The molecule has 212 valence electrons. The van der Waals surface area contributed by atoms with Gasteiger partial charge in [-0.15, -0.1) is 0 Å². The normalized spacial score (nSPS) is 11.7. The molecule has 2 nitrogen and oxygen atoms in total. The monoisotopic (exact) mass is 504 g/mol. The SMILES string of the molecule is CCCCCC/C=C\CCCCCCCCOC(=O)CCCCCCC/C=C\CCCCCCCC. The molecule has 0 aliphatic heterocycles. The van der Waals surface area contributed by atoms with Gasteiger partial charge in [0.1, 0.15) is 0 Å². The third-order valence-electron chi connectivity index (χ3n) is 7.06. The van der Waals surface area contributed by atoms with E-state index in [0.717, 1.165) is 19.3 Å². The van der Waals surface area contributed by atoms with Gasteiger partial charge in [0, 0.05) is 6.42 Å². The van der Waals surface area contributed by atoms with Crippen molar-refractivity contribution >= 4 is 5.97 Å². The fraction of sp³-hybridized carbons (Fsp3) is 0.853. The summed E-state index contributed by atoms with van der Waals surface area (Å²) in [5.74, 6) is 0.00843. The van der Waals surface area contributed by atoms with Gasteiger partial charge in [-0.25, -0.2) is 0 Å². The second kappa shape index (κ2) is 32.0. The third kappa shape index (κ3) is 31.0. The zero-order chi connectivity index (χ0) is 26.2. The Morgan fingerprint density at radius 3 is 1.22 bits per heavy atom. The molecule has 0 N–H and O–H groups in total. The maximum absolute atomic E-state index is 11.9. The van der Waals surface area contributed by atoms with Crippen LogP contribution in [0.1, 0.15) is 181 Å². The maximum Gasteiger partial charge on any atom is 0.305 e. The molecule has 0 rings (SSSR count). The van der Waals surface area contributed by atoms with Gasteiger partial charge in [-0.05, 0) is 64.2 Å². The summed E-state index contributed by atoms with van der Waals surface area (Å²) in [4.78, 5) is 11.9. The van der Waals surface area contributed by atoms with Gasteiger partial charge in [-0.1, -0.05) is 134 Å². The molecule has 0 aliphatic carbocycles. The molecule has 0 atom stereocenters. The third-order valence-corrected chi connectivity index (χ3v) is 7.06. The largest absolute Gasteiger partial charge is 0.466 e. The van der Waals surface area contributed by atoms with Gasteiger partial charge in [0.15, 0.2) is 0 Å². The van der Waals surface area contributed by atoms with Crippen LogP contribution in [0.2, 0.25) is 0 Å². The van der Waals surface area contributed by atoms with E-state index in [1.54, 1.807) is 0 Å². The van der Waals surface area contributed by atoms with Gasteiger partial charge in [-0.3, -0.25) is 4.79 Å². The first-order chi connectivity index (χ1) is 17.8. The molecule has 0 spiro atoms. The predicted octanol–water partition coefficient (Wildman–Crippen LogP) is 11.8. The molecule has 0 aromatic carbocycles. The molecule has 0 heterocycles. The highest BCUT2D eigenvalue weighted by Crippen LogP contribution is 2.11. The van der Waals surface area contributed by atoms with Gasteiger partial charge >= 0.3 is 5.97 Å². The summed E-state index contributed by atoms with van der Waals surface area (Å²) in [6.07, 6.45) is 42.2. The Bertz CT molecular complexity index is 480. The van der Waals surface area contributed by atoms with Crippen molar-refractivity contribution in [1.82, 2.24) is 0 Å². The zero-order valence-corrected chi connectivity index (χ0v) is 24.7. The Labute approximate surface area is 227 Å². The van der Waals surface area contributed by atoms with Crippen LogP contribution in [-0.2, 0) is 9.53 Å². The maximum atomic E-state index is 11.9. The van der Waals surface area contributed by atoms with Crippen molar-refractivity contribution in [2.45, 2.75) is 181 Å². The fourth-order valence-electron chi connectivity index (χ4n) is 4.59. The number of esters is 1. The first-order valence-corrected chi connectivity index (χ1v) is 16.3. The second-order valence-corrected chi connectivity index (χ2v) is 10.8. The molecular weight excluding hydrogens is 440 g/mol. The summed E-state index contributed by atoms with van der Waals surface area (Å²) >= 11 is 0. The topological polar surface area (TPSA) is 26.3 Å². The molecule has 0 saturated heterocycles. The van der Waals surface area contributed by atoms with E-state index >= 15 is 0 Å². The Morgan fingerprint density at radius 1 is 0.444 bits per heavy atom. The summed E-state index contributed by atoms with van der Waals surface area (Å²) < 4.78 is 5.41. The van der Waals surface area contributed by atoms with Crippen LogP contribution in [0.25, 0.3) is 0 Å². The lowest BCUT2D eigenvalue weighted by atomic mass is 10.1. The summed E-state index contributed by atoms with van der Waals surface area (Å²) in [5.41, 5.74) is 0. The van der Waals surface area contributed by atoms with Crippen LogP contribution in [0.4, 0.5) is 0 Å². The Hall–Kier alpha value is -1.05. The predicted molar refractivity (Wildman–Crippen MR) is 161 cm³/mol. The number of rotatable bonds is 29. The first-order valence-electron chi connectivity index (χ1n) is 16.3. The van der Waals surface area contributed by atoms with E-state index in [9.17, 15) is 4.79 Å². The van der Waals surface area contributed by atoms with E-state index in [4.69, 9.17) is 4.74 Å². The van der Waals surface area contributed by atoms with Gasteiger partial charge < -0.3 is 4.74 Å². The van der Waals surface area contributed by atoms with Crippen LogP contribution in [0.3, 0.4) is 0 Å². The highest BCUT2D eigenvalue weighted by Gasteiger charge is 2.02. The first kappa shape index (κ1) is 35.0. The van der Waals surface area contributed by atoms with Crippen LogP contribution in [0.15, 0.2) is 24.3 Å². The molecule has 0 aliphatic rings. The van der Waals surface area contributed by atoms with Crippen molar-refractivity contribution in [1.29, 1.82) is 0 Å². The van der Waals surface area contributed by atoms with Crippen LogP contribution >= 0.6 is 0 Å². The van der Waals surface area contributed by atoms with Crippen molar-refractivity contribution in [3.8, 4) is 0 Å². The number of carbonyl (C=O) groups excluding carboxylic acids is 1. The number of ether oxygens (including phenoxy) is 1. The van der Waals surface area contributed by atoms with E-state index in [0.29, 0.717) is 13.0 Å². The fourth-order valence-corrected chi connectivity index (χ4v) is 4.59. The van der Waals surface area contributed by atoms with Crippen molar-refractivity contribution in [3.63, 3.8) is 0 Å². The zero-order valence-electron chi connectivity index (χ0n) is 24.7. The molecule has 0 radical (unpaired) electrons. The molecule has 0 saturated carbocycles. The molecule has 0 unspecified atom stereocenters. The van der Waals surface area contributed by atoms with Crippen LogP contribution in [0, 0.1) is 0 Å². The summed E-state index contributed by atoms with van der Waals surface area (Å²) in [6, 6.07) is 0. The quantitative estimate of drug-likeness (QED) is 0.0575. The van der Waals surface area contributed by atoms with Crippen molar-refractivity contribution in [2.24, 2.45) is 0 Å². The Kier molecular flexibility index (Phi) is 31.0. The standard InChI is InChI=1S/C34H64O2/c1-3-5-7-9-11-13-15-17-19-20-22-24-26-28-30-32-34(35)36-33-31-29-27-25-23-21-18-16-14-12-10-8-6-4-2/h14,16-17,19H,3-13,15,18,20-33H2,1-2H3/b16-14-,19-17-. The molecule has 0 fully saturated rings. The smallest absolute Gasteiger partial charge is 0.305 e. The number of hydrogen-bond acceptors (Lipinski definition) is 2. The molecule has 36 heavy (non-hydrogen) atoms. The Morgan fingerprint density at radius 2 is 0.778 bits per heavy atom. The summed E-state index contributed by atoms with van der Waals surface area (Å²) in [6.45, 7) is 5.16. The van der Waals surface area contributed by atoms with Gasteiger partial charge in [-0.2, -0.15) is 0 Å². The lowest BCUT2D eigenvalue weighted by molar-refractivity contribution is -0.143. The van der Waals surface area contributed by atoms with Crippen LogP contribution in [0.5, 0.6) is 0 Å². The second-order valence-electron chi connectivity index (χ2n) is 10.8. The number of allylic oxidation sites excluding steroid dienone is 4. The average Bonchev–Trinajstić information content (AvgIpc) is 2.88. The molecule has 0 aromatic rings. The number of carbonyl (C=O) groups is 1. The van der Waals surface area contributed by atoms with E-state index in [1.807, 2.05) is 0 Å². The highest BCUT2D eigenvalue weighted by molar-refractivity contribution is 5.69. The lowest BCUT2D eigenvalue weighted by Gasteiger charge is -2.05. The van der Waals surface area contributed by atoms with Gasteiger partial charge in [0.25, 0.3) is 0 Å². The van der Waals surface area contributed by atoms with E-state index in [-0.39, 0.29) is 5.97 Å². The number of unbranched alkanes of at least 4 members (excludes halogenated alkanes) is 21. The minimum absolute atomic E-state index is 0.00843. The van der Waals surface area contributed by atoms with Crippen molar-refractivity contribution in [2.75, 3.05) is 6.61 Å². The summed E-state index contributed by atoms with van der Waals surface area (Å²) in [7, 11) is 0.